The molecule has 5 heteroatoms. The van der Waals surface area contributed by atoms with Crippen molar-refractivity contribution in [2.45, 2.75) is 6.61 Å². The van der Waals surface area contributed by atoms with Crippen LogP contribution < -0.4 is 11.2 Å². The topological polar surface area (TPSA) is 64.4 Å². The molecule has 0 saturated carbocycles. The summed E-state index contributed by atoms with van der Waals surface area (Å²) in [6.45, 7) is 0.306. The van der Waals surface area contributed by atoms with E-state index in [1.165, 1.54) is 0 Å². The Labute approximate surface area is 119 Å². The third kappa shape index (κ3) is 3.81. The van der Waals surface area contributed by atoms with E-state index in [0.29, 0.717) is 17.9 Å². The van der Waals surface area contributed by atoms with Crippen molar-refractivity contribution < 1.29 is 9.63 Å². The molecule has 0 heterocycles. The van der Waals surface area contributed by atoms with Gasteiger partial charge in [0, 0.05) is 10.2 Å². The number of hydrogen-bond acceptors (Lipinski definition) is 3. The highest BCUT2D eigenvalue weighted by Crippen LogP contribution is 2.18. The second kappa shape index (κ2) is 6.36. The Morgan fingerprint density at radius 3 is 2.68 bits per heavy atom. The average molecular weight is 321 g/mol. The average Bonchev–Trinajstić information content (AvgIpc) is 2.42. The van der Waals surface area contributed by atoms with Crippen LogP contribution in [0.1, 0.15) is 15.9 Å². The van der Waals surface area contributed by atoms with Gasteiger partial charge in [-0.1, -0.05) is 46.3 Å². The van der Waals surface area contributed by atoms with Crippen LogP contribution in [0.25, 0.3) is 0 Å². The summed E-state index contributed by atoms with van der Waals surface area (Å²) in [4.78, 5) is 17.0. The van der Waals surface area contributed by atoms with E-state index in [0.717, 1.165) is 10.0 Å². The number of nitrogen functional groups attached to an aromatic ring is 1. The van der Waals surface area contributed by atoms with E-state index in [-0.39, 0.29) is 5.91 Å². The monoisotopic (exact) mass is 320 g/mol. The largest absolute Gasteiger partial charge is 0.398 e. The summed E-state index contributed by atoms with van der Waals surface area (Å²) >= 11 is 3.29. The molecule has 98 valence electrons. The fraction of sp³-hybridized carbons (Fsp3) is 0.0714. The predicted octanol–water partition coefficient (Wildman–Crippen LogP) is 2.89. The van der Waals surface area contributed by atoms with E-state index in [9.17, 15) is 4.79 Å². The zero-order valence-corrected chi connectivity index (χ0v) is 11.7. The van der Waals surface area contributed by atoms with E-state index in [4.69, 9.17) is 10.6 Å². The standard InChI is InChI=1S/C14H13BrN2O2/c15-11-6-7-13(16)12(8-11)14(18)17-19-9-10-4-2-1-3-5-10/h1-8H,9,16H2,(H,17,18). The number of hydrogen-bond donors (Lipinski definition) is 2. The Morgan fingerprint density at radius 2 is 1.95 bits per heavy atom. The molecule has 0 saturated heterocycles. The molecule has 2 rings (SSSR count). The van der Waals surface area contributed by atoms with Crippen LogP contribution in [0.2, 0.25) is 0 Å². The van der Waals surface area contributed by atoms with Crippen molar-refractivity contribution in [3.63, 3.8) is 0 Å². The van der Waals surface area contributed by atoms with Crippen molar-refractivity contribution in [3.05, 3.63) is 64.1 Å². The van der Waals surface area contributed by atoms with Crippen LogP contribution in [-0.2, 0) is 11.4 Å². The lowest BCUT2D eigenvalue weighted by atomic mass is 10.2. The highest BCUT2D eigenvalue weighted by Gasteiger charge is 2.10. The smallest absolute Gasteiger partial charge is 0.276 e. The molecule has 2 aromatic rings. The fourth-order valence-corrected chi connectivity index (χ4v) is 1.90. The normalized spacial score (nSPS) is 10.2. The lowest BCUT2D eigenvalue weighted by Gasteiger charge is -2.08. The van der Waals surface area contributed by atoms with Crippen LogP contribution in [0.4, 0.5) is 5.69 Å². The van der Waals surface area contributed by atoms with Crippen molar-refractivity contribution in [2.75, 3.05) is 5.73 Å². The number of amides is 1. The summed E-state index contributed by atoms with van der Waals surface area (Å²) < 4.78 is 0.787. The summed E-state index contributed by atoms with van der Waals surface area (Å²) in [5.74, 6) is -0.366. The Hall–Kier alpha value is -1.85. The van der Waals surface area contributed by atoms with Crippen molar-refractivity contribution >= 4 is 27.5 Å². The first-order valence-electron chi connectivity index (χ1n) is 5.68. The molecule has 0 bridgehead atoms. The van der Waals surface area contributed by atoms with Gasteiger partial charge in [-0.25, -0.2) is 5.48 Å². The summed E-state index contributed by atoms with van der Waals surface area (Å²) in [7, 11) is 0. The van der Waals surface area contributed by atoms with Crippen molar-refractivity contribution in [1.29, 1.82) is 0 Å². The summed E-state index contributed by atoms with van der Waals surface area (Å²) in [6.07, 6.45) is 0. The van der Waals surface area contributed by atoms with Gasteiger partial charge >= 0.3 is 0 Å². The van der Waals surface area contributed by atoms with Gasteiger partial charge in [0.1, 0.15) is 0 Å². The third-order valence-corrected chi connectivity index (χ3v) is 3.00. The molecule has 0 atom stereocenters. The first-order chi connectivity index (χ1) is 9.16. The molecular formula is C14H13BrN2O2. The number of halogens is 1. The van der Waals surface area contributed by atoms with Gasteiger partial charge in [-0.2, -0.15) is 0 Å². The fourth-order valence-electron chi connectivity index (χ4n) is 1.54. The van der Waals surface area contributed by atoms with E-state index in [1.54, 1.807) is 18.2 Å². The van der Waals surface area contributed by atoms with Gasteiger partial charge in [0.2, 0.25) is 0 Å². The lowest BCUT2D eigenvalue weighted by molar-refractivity contribution is 0.0234. The number of carbonyl (C=O) groups excluding carboxylic acids is 1. The summed E-state index contributed by atoms with van der Waals surface area (Å²) in [6, 6.07) is 14.7. The van der Waals surface area contributed by atoms with Gasteiger partial charge in [-0.15, -0.1) is 0 Å². The Morgan fingerprint density at radius 1 is 1.21 bits per heavy atom. The Kier molecular flexibility index (Phi) is 4.54. The van der Waals surface area contributed by atoms with Crippen LogP contribution in [-0.4, -0.2) is 5.91 Å². The maximum absolute atomic E-state index is 11.9. The zero-order valence-electron chi connectivity index (χ0n) is 10.1. The molecular weight excluding hydrogens is 308 g/mol. The molecule has 0 aromatic heterocycles. The Bertz CT molecular complexity index is 573. The van der Waals surface area contributed by atoms with Crippen molar-refractivity contribution in [1.82, 2.24) is 5.48 Å². The highest BCUT2D eigenvalue weighted by atomic mass is 79.9. The van der Waals surface area contributed by atoms with Crippen molar-refractivity contribution in [2.24, 2.45) is 0 Å². The molecule has 0 aliphatic heterocycles. The predicted molar refractivity (Wildman–Crippen MR) is 77.3 cm³/mol. The first kappa shape index (κ1) is 13.6. The van der Waals surface area contributed by atoms with Crippen LogP contribution in [0.3, 0.4) is 0 Å². The number of rotatable bonds is 4. The van der Waals surface area contributed by atoms with Gasteiger partial charge in [-0.05, 0) is 23.8 Å². The minimum absolute atomic E-state index is 0.306. The molecule has 0 unspecified atom stereocenters. The van der Waals surface area contributed by atoms with Gasteiger partial charge in [-0.3, -0.25) is 9.63 Å². The molecule has 0 aliphatic rings. The lowest BCUT2D eigenvalue weighted by Crippen LogP contribution is -2.24. The first-order valence-corrected chi connectivity index (χ1v) is 6.47. The molecule has 2 aromatic carbocycles. The number of nitrogens with two attached hydrogens (primary N) is 1. The number of nitrogens with one attached hydrogen (secondary N) is 1. The van der Waals surface area contributed by atoms with Crippen LogP contribution in [0.5, 0.6) is 0 Å². The molecule has 0 spiro atoms. The van der Waals surface area contributed by atoms with E-state index in [2.05, 4.69) is 21.4 Å². The minimum Gasteiger partial charge on any atom is -0.398 e. The van der Waals surface area contributed by atoms with Crippen molar-refractivity contribution in [3.8, 4) is 0 Å². The quantitative estimate of drug-likeness (QED) is 0.672. The van der Waals surface area contributed by atoms with Crippen LogP contribution in [0.15, 0.2) is 53.0 Å². The maximum atomic E-state index is 11.9. The third-order valence-electron chi connectivity index (χ3n) is 2.51. The van der Waals surface area contributed by atoms with Gasteiger partial charge in [0.25, 0.3) is 5.91 Å². The molecule has 3 N–H and O–H groups in total. The zero-order chi connectivity index (χ0) is 13.7. The van der Waals surface area contributed by atoms with Gasteiger partial charge < -0.3 is 5.73 Å². The molecule has 1 amide bonds. The number of hydroxylamine groups is 1. The molecule has 0 aliphatic carbocycles. The minimum atomic E-state index is -0.366. The second-order valence-corrected chi connectivity index (χ2v) is 4.85. The SMILES string of the molecule is Nc1ccc(Br)cc1C(=O)NOCc1ccccc1. The number of carbonyl (C=O) groups is 1. The number of benzene rings is 2. The Balaban J connectivity index is 1.93. The summed E-state index contributed by atoms with van der Waals surface area (Å²) in [5, 5.41) is 0. The molecule has 19 heavy (non-hydrogen) atoms. The van der Waals surface area contributed by atoms with Gasteiger partial charge in [0.05, 0.1) is 12.2 Å². The van der Waals surface area contributed by atoms with Crippen LogP contribution >= 0.6 is 15.9 Å². The maximum Gasteiger partial charge on any atom is 0.276 e. The highest BCUT2D eigenvalue weighted by molar-refractivity contribution is 9.10. The second-order valence-electron chi connectivity index (χ2n) is 3.94. The van der Waals surface area contributed by atoms with Crippen LogP contribution in [0, 0.1) is 0 Å². The molecule has 0 radical (unpaired) electrons. The van der Waals surface area contributed by atoms with E-state index in [1.807, 2.05) is 30.3 Å². The van der Waals surface area contributed by atoms with E-state index < -0.39 is 0 Å². The molecule has 4 nitrogen and oxygen atoms in total. The van der Waals surface area contributed by atoms with Gasteiger partial charge in [0.15, 0.2) is 0 Å². The van der Waals surface area contributed by atoms with E-state index >= 15 is 0 Å². The molecule has 0 fully saturated rings. The number of anilines is 1. The summed E-state index contributed by atoms with van der Waals surface area (Å²) in [5.41, 5.74) is 9.87.